The fraction of sp³-hybridized carbons (Fsp3) is 0.500. The molecule has 1 N–H and O–H groups in total. The van der Waals surface area contributed by atoms with Crippen molar-refractivity contribution in [3.63, 3.8) is 0 Å². The van der Waals surface area contributed by atoms with Crippen molar-refractivity contribution in [1.82, 2.24) is 15.0 Å². The van der Waals surface area contributed by atoms with Crippen molar-refractivity contribution < 1.29 is 21.1 Å². The molecule has 0 saturated carbocycles. The fourth-order valence-corrected chi connectivity index (χ4v) is 1.17. The van der Waals surface area contributed by atoms with Gasteiger partial charge in [-0.05, 0) is 16.4 Å². The van der Waals surface area contributed by atoms with Crippen LogP contribution in [0, 0.1) is 12.1 Å². The molecule has 3 nitrogen and oxygen atoms in total. The summed E-state index contributed by atoms with van der Waals surface area (Å²) >= 11 is 0. The van der Waals surface area contributed by atoms with Crippen molar-refractivity contribution in [2.75, 3.05) is 0 Å². The van der Waals surface area contributed by atoms with E-state index >= 15 is 0 Å². The molecule has 98 valence electrons. The van der Waals surface area contributed by atoms with Gasteiger partial charge in [0.15, 0.2) is 0 Å². The van der Waals surface area contributed by atoms with E-state index in [-0.39, 0.29) is 26.5 Å². The van der Waals surface area contributed by atoms with Crippen molar-refractivity contribution >= 4 is 11.0 Å². The first-order valence-corrected chi connectivity index (χ1v) is 5.80. The van der Waals surface area contributed by atoms with Crippen molar-refractivity contribution in [1.29, 1.82) is 0 Å². The maximum Gasteiger partial charge on any atom is 2.00 e. The number of nitrogens with one attached hydrogen (secondary N) is 1. The number of H-pyrrole nitrogens is 1. The van der Waals surface area contributed by atoms with Gasteiger partial charge in [0, 0.05) is 0 Å². The van der Waals surface area contributed by atoms with Crippen LogP contribution in [0.5, 0.6) is 0 Å². The van der Waals surface area contributed by atoms with Crippen LogP contribution in [-0.4, -0.2) is 15.0 Å². The molecule has 0 aliphatic carbocycles. The summed E-state index contributed by atoms with van der Waals surface area (Å²) in [6, 6.07) is 2.00. The Morgan fingerprint density at radius 3 is 2.28 bits per heavy atom. The predicted molar refractivity (Wildman–Crippen MR) is 71.7 cm³/mol. The molecule has 2 heterocycles. The maximum absolute atomic E-state index is 4.25. The molecule has 0 atom stereocenters. The number of aromatic nitrogens is 3. The molecule has 0 spiro atoms. The van der Waals surface area contributed by atoms with Gasteiger partial charge in [0.1, 0.15) is 0 Å². The normalized spacial score (nSPS) is 10.8. The monoisotopic (exact) mass is 415 g/mol. The number of hydrogen-bond acceptors (Lipinski definition) is 2. The molecule has 0 aliphatic heterocycles. The maximum atomic E-state index is 4.25. The number of hydrogen-bond donors (Lipinski definition) is 1. The second-order valence-electron chi connectivity index (χ2n) is 5.67. The molecule has 0 fully saturated rings. The minimum atomic E-state index is 0. The van der Waals surface area contributed by atoms with E-state index in [1.165, 1.54) is 5.92 Å². The molecule has 0 saturated heterocycles. The first-order valence-electron chi connectivity index (χ1n) is 5.80. The third-order valence-electron chi connectivity index (χ3n) is 2.00. The second kappa shape index (κ2) is 7.03. The first kappa shape index (κ1) is 17.3. The molecule has 4 heteroatoms. The molecule has 0 aromatic carbocycles. The minimum absolute atomic E-state index is 0. The average Bonchev–Trinajstić information content (AvgIpc) is 2.61. The smallest absolute Gasteiger partial charge is 0.388 e. The van der Waals surface area contributed by atoms with Gasteiger partial charge in [-0.25, -0.2) is 0 Å². The molecular weight excluding hydrogens is 394 g/mol. The van der Waals surface area contributed by atoms with Crippen molar-refractivity contribution in [3.05, 3.63) is 30.2 Å². The van der Waals surface area contributed by atoms with E-state index in [2.05, 4.69) is 62.7 Å². The Bertz CT molecular complexity index is 466. The summed E-state index contributed by atoms with van der Waals surface area (Å²) in [7, 11) is 0. The number of aromatic amines is 1. The Kier molecular flexibility index (Phi) is 6.76. The van der Waals surface area contributed by atoms with Gasteiger partial charge < -0.3 is 20.9 Å². The predicted octanol–water partition coefficient (Wildman–Crippen LogP) is 3.67. The fourth-order valence-electron chi connectivity index (χ4n) is 1.17. The Morgan fingerprint density at radius 2 is 1.78 bits per heavy atom. The largest absolute Gasteiger partial charge is 2.00 e. The van der Waals surface area contributed by atoms with E-state index in [0.29, 0.717) is 0 Å². The van der Waals surface area contributed by atoms with Crippen LogP contribution in [0.3, 0.4) is 0 Å². The van der Waals surface area contributed by atoms with Gasteiger partial charge >= 0.3 is 21.1 Å². The van der Waals surface area contributed by atoms with Crippen molar-refractivity contribution in [3.8, 4) is 0 Å². The van der Waals surface area contributed by atoms with E-state index in [1.54, 1.807) is 6.33 Å². The molecule has 0 unspecified atom stereocenters. The van der Waals surface area contributed by atoms with Crippen LogP contribution in [0.15, 0.2) is 12.4 Å². The van der Waals surface area contributed by atoms with Crippen molar-refractivity contribution in [2.45, 2.75) is 47.0 Å². The average molecular weight is 415 g/mol. The zero-order chi connectivity index (χ0) is 13.1. The summed E-state index contributed by atoms with van der Waals surface area (Å²) in [5.41, 5.74) is 2.88. The number of imidazole rings is 1. The molecule has 2 aromatic rings. The summed E-state index contributed by atoms with van der Waals surface area (Å²) in [4.78, 5) is 11.4. The van der Waals surface area contributed by atoms with E-state index in [1.807, 2.05) is 6.07 Å². The molecule has 18 heavy (non-hydrogen) atoms. The van der Waals surface area contributed by atoms with Crippen LogP contribution in [0.25, 0.3) is 11.0 Å². The Labute approximate surface area is 124 Å². The number of nitrogens with zero attached hydrogens (tertiary/aromatic N) is 2. The van der Waals surface area contributed by atoms with Gasteiger partial charge in [0.25, 0.3) is 0 Å². The summed E-state index contributed by atoms with van der Waals surface area (Å²) in [6.07, 6.45) is 4.60. The number of fused-ring (bicyclic) bond motifs is 1. The molecule has 0 aliphatic rings. The molecule has 0 radical (unpaired) electrons. The van der Waals surface area contributed by atoms with Gasteiger partial charge in [-0.3, -0.25) is 0 Å². The van der Waals surface area contributed by atoms with E-state index in [0.717, 1.165) is 16.7 Å². The quantitative estimate of drug-likeness (QED) is 0.668. The zero-order valence-corrected chi connectivity index (χ0v) is 14.9. The minimum Gasteiger partial charge on any atom is -0.388 e. The molecule has 0 amide bonds. The van der Waals surface area contributed by atoms with E-state index in [4.69, 9.17) is 0 Å². The van der Waals surface area contributed by atoms with Gasteiger partial charge in [-0.2, -0.15) is 20.8 Å². The third-order valence-corrected chi connectivity index (χ3v) is 2.00. The Balaban J connectivity index is 0.000000512. The molecule has 2 rings (SSSR count). The number of rotatable bonds is 0. The SMILES string of the molecule is CC(C)(C)c1cc2nc[nH]c2[c-]n1.C[C-](C)C.[W+2]. The van der Waals surface area contributed by atoms with Gasteiger partial charge in [-0.1, -0.05) is 32.7 Å². The van der Waals surface area contributed by atoms with Crippen LogP contribution in [0.2, 0.25) is 0 Å². The Hall–Kier alpha value is -0.692. The van der Waals surface area contributed by atoms with Gasteiger partial charge in [0.05, 0.1) is 6.33 Å². The Morgan fingerprint density at radius 1 is 1.22 bits per heavy atom. The summed E-state index contributed by atoms with van der Waals surface area (Å²) in [5.74, 6) is 1.42. The van der Waals surface area contributed by atoms with E-state index in [9.17, 15) is 0 Å². The first-order chi connectivity index (χ1) is 7.80. The van der Waals surface area contributed by atoms with Gasteiger partial charge in [0.2, 0.25) is 0 Å². The van der Waals surface area contributed by atoms with Crippen LogP contribution in [-0.2, 0) is 26.5 Å². The van der Waals surface area contributed by atoms with E-state index < -0.39 is 0 Å². The van der Waals surface area contributed by atoms with Crippen LogP contribution in [0.4, 0.5) is 0 Å². The number of pyridine rings is 1. The van der Waals surface area contributed by atoms with Crippen LogP contribution < -0.4 is 0 Å². The van der Waals surface area contributed by atoms with Crippen LogP contribution >= 0.6 is 0 Å². The zero-order valence-electron chi connectivity index (χ0n) is 12.0. The molecule has 2 aromatic heterocycles. The standard InChI is InChI=1S/C10H12N3.C4H9.W/c1-10(2,3)9-4-7-8(5-11-9)13-6-12-7;1-4(2)3;/h4,6H,1-3H3,(H,12,13);1-3H3;/q2*-1;+2. The van der Waals surface area contributed by atoms with Crippen LogP contribution in [0.1, 0.15) is 47.2 Å². The van der Waals surface area contributed by atoms with Gasteiger partial charge in [-0.15, -0.1) is 6.07 Å². The summed E-state index contributed by atoms with van der Waals surface area (Å²) < 4.78 is 0. The molecule has 0 bridgehead atoms. The van der Waals surface area contributed by atoms with Crippen molar-refractivity contribution in [2.24, 2.45) is 0 Å². The summed E-state index contributed by atoms with van der Waals surface area (Å²) in [5, 5.41) is 0. The third kappa shape index (κ3) is 5.30. The summed E-state index contributed by atoms with van der Waals surface area (Å²) in [6.45, 7) is 12.6. The molecular formula is C14H21N3W. The second-order valence-corrected chi connectivity index (χ2v) is 5.67. The topological polar surface area (TPSA) is 41.6 Å².